The molecule has 0 bridgehead atoms. The average Bonchev–Trinajstić information content (AvgIpc) is 2.65. The lowest BCUT2D eigenvalue weighted by molar-refractivity contribution is 0.0706. The number of hydroxylamine groups is 1. The van der Waals surface area contributed by atoms with Gasteiger partial charge in [0.2, 0.25) is 0 Å². The van der Waals surface area contributed by atoms with E-state index < -0.39 is 5.91 Å². The summed E-state index contributed by atoms with van der Waals surface area (Å²) in [4.78, 5) is 23.9. The standard InChI is InChI=1S/C19H15ClN2O3/c20-17-4-2-1-3-15(17)11-21-18(23)13-7-5-12-6-8-14(19(24)22-25)10-16(12)9-13/h1-10,25H,11H2,(H,21,23)(H,22,24). The average molecular weight is 355 g/mol. The molecule has 3 rings (SSSR count). The molecule has 3 aromatic rings. The van der Waals surface area contributed by atoms with Crippen LogP contribution in [0.25, 0.3) is 10.8 Å². The van der Waals surface area contributed by atoms with Gasteiger partial charge in [0.1, 0.15) is 0 Å². The largest absolute Gasteiger partial charge is 0.348 e. The van der Waals surface area contributed by atoms with Crippen LogP contribution in [0.4, 0.5) is 0 Å². The molecule has 0 heterocycles. The van der Waals surface area contributed by atoms with E-state index in [1.165, 1.54) is 0 Å². The van der Waals surface area contributed by atoms with Crippen molar-refractivity contribution in [3.63, 3.8) is 0 Å². The van der Waals surface area contributed by atoms with E-state index in [0.717, 1.165) is 16.3 Å². The van der Waals surface area contributed by atoms with Crippen LogP contribution in [0.1, 0.15) is 26.3 Å². The Morgan fingerprint density at radius 3 is 2.16 bits per heavy atom. The molecule has 126 valence electrons. The van der Waals surface area contributed by atoms with Gasteiger partial charge in [-0.2, -0.15) is 0 Å². The first-order valence-corrected chi connectivity index (χ1v) is 7.96. The molecular weight excluding hydrogens is 340 g/mol. The fourth-order valence-corrected chi connectivity index (χ4v) is 2.72. The maximum absolute atomic E-state index is 12.4. The van der Waals surface area contributed by atoms with Crippen molar-refractivity contribution in [2.45, 2.75) is 6.54 Å². The highest BCUT2D eigenvalue weighted by Gasteiger charge is 2.09. The van der Waals surface area contributed by atoms with Crippen LogP contribution in [-0.4, -0.2) is 17.0 Å². The highest BCUT2D eigenvalue weighted by Crippen LogP contribution is 2.19. The molecular formula is C19H15ClN2O3. The fraction of sp³-hybridized carbons (Fsp3) is 0.0526. The first-order valence-electron chi connectivity index (χ1n) is 7.58. The van der Waals surface area contributed by atoms with E-state index in [4.69, 9.17) is 16.8 Å². The summed E-state index contributed by atoms with van der Waals surface area (Å²) < 4.78 is 0. The van der Waals surface area contributed by atoms with Gasteiger partial charge in [-0.1, -0.05) is 41.9 Å². The number of benzene rings is 3. The minimum absolute atomic E-state index is 0.237. The van der Waals surface area contributed by atoms with Crippen LogP contribution in [0.5, 0.6) is 0 Å². The Labute approximate surface area is 149 Å². The van der Waals surface area contributed by atoms with E-state index >= 15 is 0 Å². The second-order valence-electron chi connectivity index (χ2n) is 5.49. The van der Waals surface area contributed by atoms with Gasteiger partial charge >= 0.3 is 0 Å². The van der Waals surface area contributed by atoms with E-state index in [0.29, 0.717) is 22.7 Å². The molecule has 5 nitrogen and oxygen atoms in total. The van der Waals surface area contributed by atoms with Crippen LogP contribution in [0.15, 0.2) is 60.7 Å². The summed E-state index contributed by atoms with van der Waals surface area (Å²) in [6.45, 7) is 0.323. The monoisotopic (exact) mass is 354 g/mol. The highest BCUT2D eigenvalue weighted by molar-refractivity contribution is 6.31. The summed E-state index contributed by atoms with van der Waals surface area (Å²) in [5, 5.41) is 13.8. The van der Waals surface area contributed by atoms with Crippen LogP contribution in [0.2, 0.25) is 5.02 Å². The predicted octanol–water partition coefficient (Wildman–Crippen LogP) is 3.54. The molecule has 0 unspecified atom stereocenters. The normalized spacial score (nSPS) is 10.5. The molecule has 0 aliphatic rings. The number of nitrogens with one attached hydrogen (secondary N) is 2. The molecule has 6 heteroatoms. The van der Waals surface area contributed by atoms with Gasteiger partial charge in [-0.05, 0) is 46.7 Å². The number of halogens is 1. The van der Waals surface area contributed by atoms with Crippen molar-refractivity contribution in [1.82, 2.24) is 10.8 Å². The number of rotatable bonds is 4. The second kappa shape index (κ2) is 7.34. The molecule has 0 atom stereocenters. The van der Waals surface area contributed by atoms with Crippen LogP contribution >= 0.6 is 11.6 Å². The lowest BCUT2D eigenvalue weighted by Gasteiger charge is -2.08. The molecule has 3 aromatic carbocycles. The van der Waals surface area contributed by atoms with Crippen LogP contribution in [-0.2, 0) is 6.54 Å². The van der Waals surface area contributed by atoms with Gasteiger partial charge < -0.3 is 5.32 Å². The molecule has 0 radical (unpaired) electrons. The minimum Gasteiger partial charge on any atom is -0.348 e. The minimum atomic E-state index is -0.601. The van der Waals surface area contributed by atoms with Crippen molar-refractivity contribution in [3.05, 3.63) is 82.4 Å². The third-order valence-electron chi connectivity index (χ3n) is 3.86. The number of amides is 2. The number of hydrogen-bond acceptors (Lipinski definition) is 3. The lowest BCUT2D eigenvalue weighted by Crippen LogP contribution is -2.22. The maximum atomic E-state index is 12.4. The molecule has 0 saturated heterocycles. The number of carbonyl (C=O) groups excluding carboxylic acids is 2. The summed E-state index contributed by atoms with van der Waals surface area (Å²) >= 11 is 6.08. The topological polar surface area (TPSA) is 78.4 Å². The zero-order chi connectivity index (χ0) is 17.8. The first-order chi connectivity index (χ1) is 12.1. The summed E-state index contributed by atoms with van der Waals surface area (Å²) in [5.74, 6) is -0.839. The van der Waals surface area contributed by atoms with Gasteiger partial charge in [0.05, 0.1) is 0 Å². The zero-order valence-electron chi connectivity index (χ0n) is 13.1. The Hall–Kier alpha value is -2.89. The molecule has 0 saturated carbocycles. The van der Waals surface area contributed by atoms with Crippen molar-refractivity contribution >= 4 is 34.2 Å². The molecule has 3 N–H and O–H groups in total. The summed E-state index contributed by atoms with van der Waals surface area (Å²) in [5.41, 5.74) is 3.21. The SMILES string of the molecule is O=C(NO)c1ccc2ccc(C(=O)NCc3ccccc3Cl)cc2c1. The predicted molar refractivity (Wildman–Crippen MR) is 95.8 cm³/mol. The Morgan fingerprint density at radius 2 is 1.52 bits per heavy atom. The van der Waals surface area contributed by atoms with Crippen molar-refractivity contribution in [3.8, 4) is 0 Å². The fourth-order valence-electron chi connectivity index (χ4n) is 2.51. The van der Waals surface area contributed by atoms with Gasteiger partial charge in [0, 0.05) is 22.7 Å². The van der Waals surface area contributed by atoms with E-state index in [9.17, 15) is 9.59 Å². The van der Waals surface area contributed by atoms with E-state index in [1.807, 2.05) is 18.2 Å². The van der Waals surface area contributed by atoms with Crippen molar-refractivity contribution in [1.29, 1.82) is 0 Å². The molecule has 0 fully saturated rings. The van der Waals surface area contributed by atoms with Gasteiger partial charge in [0.15, 0.2) is 0 Å². The third-order valence-corrected chi connectivity index (χ3v) is 4.23. The first kappa shape index (κ1) is 17.0. The molecule has 2 amide bonds. The third kappa shape index (κ3) is 3.79. The summed E-state index contributed by atoms with van der Waals surface area (Å²) in [6, 6.07) is 17.5. The van der Waals surface area contributed by atoms with Crippen molar-refractivity contribution in [2.75, 3.05) is 0 Å². The number of hydrogen-bond donors (Lipinski definition) is 3. The van der Waals surface area contributed by atoms with Gasteiger partial charge in [-0.15, -0.1) is 0 Å². The summed E-state index contributed by atoms with van der Waals surface area (Å²) in [6.07, 6.45) is 0. The maximum Gasteiger partial charge on any atom is 0.274 e. The lowest BCUT2D eigenvalue weighted by atomic mass is 10.0. The second-order valence-corrected chi connectivity index (χ2v) is 5.90. The van der Waals surface area contributed by atoms with Gasteiger partial charge in [0.25, 0.3) is 11.8 Å². The molecule has 0 aromatic heterocycles. The summed E-state index contributed by atoms with van der Waals surface area (Å²) in [7, 11) is 0. The van der Waals surface area contributed by atoms with Gasteiger partial charge in [-0.3, -0.25) is 14.8 Å². The van der Waals surface area contributed by atoms with Crippen LogP contribution in [0, 0.1) is 0 Å². The number of carbonyl (C=O) groups is 2. The molecule has 0 aliphatic heterocycles. The quantitative estimate of drug-likeness (QED) is 0.495. The highest BCUT2D eigenvalue weighted by atomic mass is 35.5. The molecule has 0 spiro atoms. The van der Waals surface area contributed by atoms with Crippen molar-refractivity contribution in [2.24, 2.45) is 0 Å². The number of fused-ring (bicyclic) bond motifs is 1. The van der Waals surface area contributed by atoms with E-state index in [1.54, 1.807) is 47.9 Å². The molecule has 0 aliphatic carbocycles. The van der Waals surface area contributed by atoms with E-state index in [-0.39, 0.29) is 5.91 Å². The zero-order valence-corrected chi connectivity index (χ0v) is 13.9. The van der Waals surface area contributed by atoms with Crippen LogP contribution in [0.3, 0.4) is 0 Å². The Bertz CT molecular complexity index is 956. The van der Waals surface area contributed by atoms with Crippen LogP contribution < -0.4 is 10.8 Å². The van der Waals surface area contributed by atoms with Gasteiger partial charge in [-0.25, -0.2) is 5.48 Å². The van der Waals surface area contributed by atoms with E-state index in [2.05, 4.69) is 5.32 Å². The Morgan fingerprint density at radius 1 is 0.880 bits per heavy atom. The Balaban J connectivity index is 1.81. The van der Waals surface area contributed by atoms with Crippen molar-refractivity contribution < 1.29 is 14.8 Å². The Kier molecular flexibility index (Phi) is 4.97. The molecule has 25 heavy (non-hydrogen) atoms. The smallest absolute Gasteiger partial charge is 0.274 e.